The maximum atomic E-state index is 12.4. The Morgan fingerprint density at radius 1 is 1.43 bits per heavy atom. The van der Waals surface area contributed by atoms with Crippen molar-refractivity contribution in [3.63, 3.8) is 0 Å². The summed E-state index contributed by atoms with van der Waals surface area (Å²) in [6.45, 7) is 2.05. The van der Waals surface area contributed by atoms with Crippen molar-refractivity contribution in [2.75, 3.05) is 25.5 Å². The zero-order valence-electron chi connectivity index (χ0n) is 13.6. The zero-order chi connectivity index (χ0) is 16.6. The molecule has 2 N–H and O–H groups in total. The summed E-state index contributed by atoms with van der Waals surface area (Å²) in [6, 6.07) is 7.88. The normalized spacial score (nSPS) is 19.5. The Morgan fingerprint density at radius 3 is 2.87 bits per heavy atom. The van der Waals surface area contributed by atoms with Gasteiger partial charge in [0.2, 0.25) is 0 Å². The minimum Gasteiger partial charge on any atom is -0.383 e. The average molecular weight is 331 g/mol. The number of anilines is 1. The molecule has 0 fully saturated rings. The molecule has 5 nitrogen and oxygen atoms in total. The van der Waals surface area contributed by atoms with Crippen LogP contribution < -0.4 is 10.2 Å². The van der Waals surface area contributed by atoms with E-state index < -0.39 is 5.60 Å². The highest BCUT2D eigenvalue weighted by atomic mass is 32.1. The van der Waals surface area contributed by atoms with E-state index in [9.17, 15) is 9.90 Å². The molecule has 23 heavy (non-hydrogen) atoms. The Morgan fingerprint density at radius 2 is 2.17 bits per heavy atom. The van der Waals surface area contributed by atoms with Crippen LogP contribution in [0.25, 0.3) is 0 Å². The van der Waals surface area contributed by atoms with Gasteiger partial charge in [-0.25, -0.2) is 4.98 Å². The van der Waals surface area contributed by atoms with Crippen molar-refractivity contribution < 1.29 is 9.90 Å². The first-order chi connectivity index (χ1) is 10.9. The van der Waals surface area contributed by atoms with Crippen molar-refractivity contribution in [1.82, 2.24) is 10.3 Å². The fourth-order valence-corrected chi connectivity index (χ4v) is 3.85. The van der Waals surface area contributed by atoms with Crippen LogP contribution in [0, 0.1) is 6.92 Å². The standard InChI is InChI=1S/C17H21N3O2S/c1-11-14(23-16(19-11)20(2)3)15(21)18-10-17(22)9-8-12-6-4-5-7-13(12)17/h4-7,22H,8-10H2,1-3H3,(H,18,21). The van der Waals surface area contributed by atoms with Crippen LogP contribution in [0.3, 0.4) is 0 Å². The second-order valence-electron chi connectivity index (χ2n) is 6.18. The molecule has 1 aromatic carbocycles. The smallest absolute Gasteiger partial charge is 0.263 e. The van der Waals surface area contributed by atoms with Crippen LogP contribution in [0.2, 0.25) is 0 Å². The molecule has 1 aromatic heterocycles. The lowest BCUT2D eigenvalue weighted by Gasteiger charge is -2.24. The van der Waals surface area contributed by atoms with Crippen molar-refractivity contribution in [1.29, 1.82) is 0 Å². The van der Waals surface area contributed by atoms with Crippen LogP contribution in [0.4, 0.5) is 5.13 Å². The molecule has 0 radical (unpaired) electrons. The maximum Gasteiger partial charge on any atom is 0.263 e. The topological polar surface area (TPSA) is 65.5 Å². The number of amides is 1. The Hall–Kier alpha value is -1.92. The molecular weight excluding hydrogens is 310 g/mol. The van der Waals surface area contributed by atoms with Crippen LogP contribution in [0.15, 0.2) is 24.3 Å². The summed E-state index contributed by atoms with van der Waals surface area (Å²) < 4.78 is 0. The Kier molecular flexibility index (Phi) is 4.12. The molecule has 1 unspecified atom stereocenters. The van der Waals surface area contributed by atoms with E-state index in [1.165, 1.54) is 11.3 Å². The molecule has 0 spiro atoms. The first kappa shape index (κ1) is 16.0. The maximum absolute atomic E-state index is 12.4. The summed E-state index contributed by atoms with van der Waals surface area (Å²) in [5.41, 5.74) is 1.83. The number of aromatic nitrogens is 1. The summed E-state index contributed by atoms with van der Waals surface area (Å²) in [7, 11) is 3.80. The van der Waals surface area contributed by atoms with Crippen molar-refractivity contribution >= 4 is 22.4 Å². The molecule has 0 aliphatic heterocycles. The Balaban J connectivity index is 1.73. The van der Waals surface area contributed by atoms with Gasteiger partial charge in [0.25, 0.3) is 5.91 Å². The van der Waals surface area contributed by atoms with Gasteiger partial charge < -0.3 is 15.3 Å². The van der Waals surface area contributed by atoms with Gasteiger partial charge in [0, 0.05) is 14.1 Å². The number of rotatable bonds is 4. The van der Waals surface area contributed by atoms with Gasteiger partial charge in [0.1, 0.15) is 10.5 Å². The molecule has 1 atom stereocenters. The minimum atomic E-state index is -0.977. The third kappa shape index (κ3) is 2.96. The van der Waals surface area contributed by atoms with Crippen LogP contribution in [-0.2, 0) is 12.0 Å². The summed E-state index contributed by atoms with van der Waals surface area (Å²) in [5.74, 6) is -0.175. The summed E-state index contributed by atoms with van der Waals surface area (Å²) in [6.07, 6.45) is 1.48. The zero-order valence-corrected chi connectivity index (χ0v) is 14.4. The van der Waals surface area contributed by atoms with Gasteiger partial charge in [-0.1, -0.05) is 35.6 Å². The Bertz CT molecular complexity index is 741. The third-order valence-electron chi connectivity index (χ3n) is 4.24. The number of hydrogen-bond acceptors (Lipinski definition) is 5. The lowest BCUT2D eigenvalue weighted by molar-refractivity contribution is 0.0370. The second-order valence-corrected chi connectivity index (χ2v) is 7.15. The van der Waals surface area contributed by atoms with Gasteiger partial charge in [-0.2, -0.15) is 0 Å². The first-order valence-corrected chi connectivity index (χ1v) is 8.46. The number of thiazole rings is 1. The monoisotopic (exact) mass is 331 g/mol. The van der Waals surface area contributed by atoms with E-state index in [4.69, 9.17) is 0 Å². The molecule has 2 aromatic rings. The largest absolute Gasteiger partial charge is 0.383 e. The summed E-state index contributed by atoms with van der Waals surface area (Å²) >= 11 is 1.36. The molecule has 0 saturated heterocycles. The SMILES string of the molecule is Cc1nc(N(C)C)sc1C(=O)NCC1(O)CCc2ccccc21. The van der Waals surface area contributed by atoms with E-state index in [1.54, 1.807) is 0 Å². The summed E-state index contributed by atoms with van der Waals surface area (Å²) in [4.78, 5) is 19.3. The Labute approximate surface area is 140 Å². The quantitative estimate of drug-likeness (QED) is 0.900. The third-order valence-corrected chi connectivity index (χ3v) is 5.57. The van der Waals surface area contributed by atoms with E-state index in [0.717, 1.165) is 28.4 Å². The highest BCUT2D eigenvalue weighted by Gasteiger charge is 2.36. The molecule has 0 saturated carbocycles. The highest BCUT2D eigenvalue weighted by Crippen LogP contribution is 2.36. The molecule has 0 bridgehead atoms. The van der Waals surface area contributed by atoms with E-state index in [-0.39, 0.29) is 12.5 Å². The van der Waals surface area contributed by atoms with Crippen molar-refractivity contribution in [2.24, 2.45) is 0 Å². The van der Waals surface area contributed by atoms with Crippen molar-refractivity contribution in [3.8, 4) is 0 Å². The number of carbonyl (C=O) groups excluding carboxylic acids is 1. The number of benzene rings is 1. The number of nitrogens with zero attached hydrogens (tertiary/aromatic N) is 2. The molecule has 1 aliphatic carbocycles. The summed E-state index contributed by atoms with van der Waals surface area (Å²) in [5, 5.41) is 14.5. The number of fused-ring (bicyclic) bond motifs is 1. The molecule has 1 heterocycles. The minimum absolute atomic E-state index is 0.175. The average Bonchev–Trinajstić information content (AvgIpc) is 3.08. The molecular formula is C17H21N3O2S. The predicted octanol–water partition coefficient (Wildman–Crippen LogP) is 2.08. The van der Waals surface area contributed by atoms with Gasteiger partial charge >= 0.3 is 0 Å². The number of hydrogen-bond donors (Lipinski definition) is 2. The lowest BCUT2D eigenvalue weighted by Crippen LogP contribution is -2.39. The molecule has 1 amide bonds. The fourth-order valence-electron chi connectivity index (χ4n) is 2.94. The van der Waals surface area contributed by atoms with Gasteiger partial charge in [0.15, 0.2) is 5.13 Å². The van der Waals surface area contributed by atoms with Crippen molar-refractivity contribution in [2.45, 2.75) is 25.4 Å². The predicted molar refractivity (Wildman–Crippen MR) is 92.2 cm³/mol. The van der Waals surface area contributed by atoms with E-state index in [0.29, 0.717) is 11.3 Å². The highest BCUT2D eigenvalue weighted by molar-refractivity contribution is 7.17. The van der Waals surface area contributed by atoms with Gasteiger partial charge in [0.05, 0.1) is 12.2 Å². The van der Waals surface area contributed by atoms with E-state index >= 15 is 0 Å². The number of aliphatic hydroxyl groups is 1. The number of carbonyl (C=O) groups is 1. The van der Waals surface area contributed by atoms with Crippen molar-refractivity contribution in [3.05, 3.63) is 46.0 Å². The number of nitrogens with one attached hydrogen (secondary N) is 1. The van der Waals surface area contributed by atoms with Gasteiger partial charge in [-0.15, -0.1) is 0 Å². The first-order valence-electron chi connectivity index (χ1n) is 7.64. The van der Waals surface area contributed by atoms with E-state index in [2.05, 4.69) is 10.3 Å². The van der Waals surface area contributed by atoms with Crippen LogP contribution in [-0.4, -0.2) is 36.6 Å². The number of aryl methyl sites for hydroxylation is 2. The second kappa shape index (κ2) is 5.94. The van der Waals surface area contributed by atoms with Gasteiger partial charge in [-0.05, 0) is 30.9 Å². The molecule has 6 heteroatoms. The molecule has 1 aliphatic rings. The van der Waals surface area contributed by atoms with E-state index in [1.807, 2.05) is 50.2 Å². The van der Waals surface area contributed by atoms with Gasteiger partial charge in [-0.3, -0.25) is 4.79 Å². The molecule has 3 rings (SSSR count). The van der Waals surface area contributed by atoms with Crippen LogP contribution >= 0.6 is 11.3 Å². The molecule has 122 valence electrons. The lowest BCUT2D eigenvalue weighted by atomic mass is 9.96. The fraction of sp³-hybridized carbons (Fsp3) is 0.412. The van der Waals surface area contributed by atoms with Crippen LogP contribution in [0.1, 0.15) is 32.9 Å². The van der Waals surface area contributed by atoms with Crippen LogP contribution in [0.5, 0.6) is 0 Å².